The van der Waals surface area contributed by atoms with Crippen LogP contribution in [0.3, 0.4) is 0 Å². The topological polar surface area (TPSA) is 68.9 Å². The average molecular weight is 417 g/mol. The molecule has 0 aliphatic carbocycles. The highest BCUT2D eigenvalue weighted by atomic mass is 16.5. The molecule has 3 aliphatic rings. The third kappa shape index (κ3) is 5.31. The van der Waals surface area contributed by atoms with E-state index in [0.717, 1.165) is 71.5 Å². The Bertz CT molecular complexity index is 725. The monoisotopic (exact) mass is 416 g/mol. The van der Waals surface area contributed by atoms with E-state index in [-0.39, 0.29) is 11.7 Å². The average Bonchev–Trinajstić information content (AvgIpc) is 3.41. The fourth-order valence-corrected chi connectivity index (χ4v) is 5.19. The summed E-state index contributed by atoms with van der Waals surface area (Å²) in [4.78, 5) is 34.9. The summed E-state index contributed by atoms with van der Waals surface area (Å²) in [6.45, 7) is 11.5. The molecule has 30 heavy (non-hydrogen) atoms. The van der Waals surface area contributed by atoms with Gasteiger partial charge in [0.05, 0.1) is 18.8 Å². The number of nitrogens with zero attached hydrogens (tertiary/aromatic N) is 3. The largest absolute Gasteiger partial charge is 0.373 e. The Balaban J connectivity index is 1.22. The van der Waals surface area contributed by atoms with Crippen molar-refractivity contribution in [2.75, 3.05) is 52.4 Å². The lowest BCUT2D eigenvalue weighted by Gasteiger charge is -2.39. The number of nitrogens with one attached hydrogen (secondary N) is 1. The molecule has 1 aromatic rings. The molecule has 4 heterocycles. The number of hydrogen-bond acceptors (Lipinski definition) is 5. The van der Waals surface area contributed by atoms with Gasteiger partial charge in [0.1, 0.15) is 5.69 Å². The zero-order chi connectivity index (χ0) is 21.1. The van der Waals surface area contributed by atoms with E-state index in [1.807, 2.05) is 4.90 Å². The van der Waals surface area contributed by atoms with Crippen molar-refractivity contribution in [2.24, 2.45) is 5.92 Å². The van der Waals surface area contributed by atoms with E-state index in [0.29, 0.717) is 35.9 Å². The fraction of sp³-hybridized carbons (Fsp3) is 0.739. The predicted molar refractivity (Wildman–Crippen MR) is 116 cm³/mol. The second-order valence-electron chi connectivity index (χ2n) is 9.42. The second kappa shape index (κ2) is 9.62. The van der Waals surface area contributed by atoms with Crippen LogP contribution in [0.5, 0.6) is 0 Å². The Hall–Kier alpha value is -1.70. The number of Topliss-reactive ketones (excluding diaryl/α,β-unsaturated/α-hetero) is 1. The Morgan fingerprint density at radius 2 is 1.70 bits per heavy atom. The van der Waals surface area contributed by atoms with Crippen LogP contribution >= 0.6 is 0 Å². The van der Waals surface area contributed by atoms with E-state index in [1.165, 1.54) is 0 Å². The molecular formula is C23H36N4O3. The molecule has 0 aromatic carbocycles. The van der Waals surface area contributed by atoms with E-state index in [4.69, 9.17) is 4.74 Å². The maximum absolute atomic E-state index is 12.7. The molecule has 0 saturated carbocycles. The number of hydrogen-bond donors (Lipinski definition) is 1. The van der Waals surface area contributed by atoms with E-state index < -0.39 is 0 Å². The zero-order valence-electron chi connectivity index (χ0n) is 18.4. The highest BCUT2D eigenvalue weighted by Crippen LogP contribution is 2.21. The third-order valence-electron chi connectivity index (χ3n) is 6.71. The highest BCUT2D eigenvalue weighted by molar-refractivity contribution is 6.01. The third-order valence-corrected chi connectivity index (χ3v) is 6.71. The minimum atomic E-state index is 0.0131. The summed E-state index contributed by atoms with van der Waals surface area (Å²) in [7, 11) is 0. The quantitative estimate of drug-likeness (QED) is 0.721. The lowest BCUT2D eigenvalue weighted by atomic mass is 9.95. The highest BCUT2D eigenvalue weighted by Gasteiger charge is 2.28. The van der Waals surface area contributed by atoms with Crippen LogP contribution in [0.25, 0.3) is 0 Å². The van der Waals surface area contributed by atoms with Crippen LogP contribution in [0.2, 0.25) is 0 Å². The number of ketones is 1. The van der Waals surface area contributed by atoms with Gasteiger partial charge in [0.25, 0.3) is 5.91 Å². The summed E-state index contributed by atoms with van der Waals surface area (Å²) < 4.78 is 5.84. The lowest BCUT2D eigenvalue weighted by molar-refractivity contribution is -0.0731. The van der Waals surface area contributed by atoms with Crippen LogP contribution in [0, 0.1) is 5.92 Å². The molecule has 0 radical (unpaired) electrons. The van der Waals surface area contributed by atoms with Crippen LogP contribution in [0.15, 0.2) is 12.3 Å². The maximum Gasteiger partial charge on any atom is 0.270 e. The van der Waals surface area contributed by atoms with E-state index >= 15 is 0 Å². The number of H-pyrrole nitrogens is 1. The summed E-state index contributed by atoms with van der Waals surface area (Å²) in [5.74, 6) is 0.811. The molecule has 3 aliphatic heterocycles. The molecule has 4 rings (SSSR count). The van der Waals surface area contributed by atoms with Crippen molar-refractivity contribution in [3.05, 3.63) is 23.5 Å². The number of rotatable bonds is 6. The van der Waals surface area contributed by atoms with Crippen molar-refractivity contribution in [2.45, 2.75) is 51.7 Å². The Kier molecular flexibility index (Phi) is 6.91. The van der Waals surface area contributed by atoms with Gasteiger partial charge in [-0.3, -0.25) is 19.4 Å². The van der Waals surface area contributed by atoms with Gasteiger partial charge in [0.2, 0.25) is 0 Å². The first-order valence-corrected chi connectivity index (χ1v) is 11.6. The summed E-state index contributed by atoms with van der Waals surface area (Å²) >= 11 is 0. The number of carbonyl (C=O) groups is 2. The van der Waals surface area contributed by atoms with Crippen LogP contribution in [0.4, 0.5) is 0 Å². The fourth-order valence-electron chi connectivity index (χ4n) is 5.19. The molecule has 1 amide bonds. The van der Waals surface area contributed by atoms with Crippen molar-refractivity contribution >= 4 is 11.7 Å². The number of morpholine rings is 1. The minimum Gasteiger partial charge on any atom is -0.373 e. The molecule has 3 saturated heterocycles. The number of aromatic nitrogens is 1. The Morgan fingerprint density at radius 3 is 2.37 bits per heavy atom. The maximum atomic E-state index is 12.7. The van der Waals surface area contributed by atoms with Crippen molar-refractivity contribution in [3.63, 3.8) is 0 Å². The number of amides is 1. The van der Waals surface area contributed by atoms with E-state index in [1.54, 1.807) is 12.3 Å². The van der Waals surface area contributed by atoms with Crippen molar-refractivity contribution < 1.29 is 14.3 Å². The molecule has 1 aromatic heterocycles. The first kappa shape index (κ1) is 21.5. The standard InChI is InChI=1S/C23H36N4O3/c1-17-13-26(14-18(2)30-17)15-19-5-9-25(10-6-19)16-22(28)20-11-21(24-12-20)23(29)27-7-3-4-8-27/h11-12,17-19,24H,3-10,13-16H2,1-2H3. The zero-order valence-corrected chi connectivity index (χ0v) is 18.4. The van der Waals surface area contributed by atoms with Gasteiger partial charge in [-0.2, -0.15) is 0 Å². The van der Waals surface area contributed by atoms with Crippen molar-refractivity contribution in [1.82, 2.24) is 19.7 Å². The molecule has 166 valence electrons. The lowest BCUT2D eigenvalue weighted by Crippen LogP contribution is -2.48. The summed E-state index contributed by atoms with van der Waals surface area (Å²) in [5.41, 5.74) is 1.16. The normalized spacial score (nSPS) is 26.9. The van der Waals surface area contributed by atoms with E-state index in [2.05, 4.69) is 28.6 Å². The SMILES string of the molecule is CC1CN(CC2CCN(CC(=O)c3c[nH]c(C(=O)N4CCCC4)c3)CC2)CC(C)O1. The number of ether oxygens (including phenoxy) is 1. The van der Waals surface area contributed by atoms with Crippen molar-refractivity contribution in [1.29, 1.82) is 0 Å². The van der Waals surface area contributed by atoms with Gasteiger partial charge in [-0.1, -0.05) is 0 Å². The van der Waals surface area contributed by atoms with Gasteiger partial charge < -0.3 is 14.6 Å². The molecule has 2 atom stereocenters. The first-order chi connectivity index (χ1) is 14.5. The minimum absolute atomic E-state index is 0.0131. The van der Waals surface area contributed by atoms with Crippen LogP contribution in [-0.2, 0) is 4.74 Å². The van der Waals surface area contributed by atoms with Gasteiger partial charge in [0, 0.05) is 44.5 Å². The second-order valence-corrected chi connectivity index (χ2v) is 9.42. The van der Waals surface area contributed by atoms with Gasteiger partial charge >= 0.3 is 0 Å². The molecule has 0 spiro atoms. The van der Waals surface area contributed by atoms with E-state index in [9.17, 15) is 9.59 Å². The number of carbonyl (C=O) groups excluding carboxylic acids is 2. The van der Waals surface area contributed by atoms with Gasteiger partial charge in [0.15, 0.2) is 5.78 Å². The number of aromatic amines is 1. The van der Waals surface area contributed by atoms with Gasteiger partial charge in [-0.05, 0) is 64.6 Å². The van der Waals surface area contributed by atoms with Crippen molar-refractivity contribution in [3.8, 4) is 0 Å². The number of piperidine rings is 1. The molecule has 7 heteroatoms. The number of likely N-dealkylation sites (tertiary alicyclic amines) is 2. The molecule has 2 unspecified atom stereocenters. The summed E-state index contributed by atoms with van der Waals surface area (Å²) in [6.07, 6.45) is 6.73. The van der Waals surface area contributed by atoms with Crippen LogP contribution in [-0.4, -0.2) is 95.9 Å². The van der Waals surface area contributed by atoms with Crippen LogP contribution in [0.1, 0.15) is 60.4 Å². The Labute approximate surface area is 179 Å². The van der Waals surface area contributed by atoms with Gasteiger partial charge in [-0.15, -0.1) is 0 Å². The predicted octanol–water partition coefficient (Wildman–Crippen LogP) is 2.25. The molecule has 3 fully saturated rings. The summed E-state index contributed by atoms with van der Waals surface area (Å²) in [6, 6.07) is 1.73. The van der Waals surface area contributed by atoms with Gasteiger partial charge in [-0.25, -0.2) is 0 Å². The summed E-state index contributed by atoms with van der Waals surface area (Å²) in [5, 5.41) is 0. The molecular weight excluding hydrogens is 380 g/mol. The smallest absolute Gasteiger partial charge is 0.270 e. The van der Waals surface area contributed by atoms with Crippen LogP contribution < -0.4 is 0 Å². The molecule has 7 nitrogen and oxygen atoms in total. The first-order valence-electron chi connectivity index (χ1n) is 11.6. The molecule has 1 N–H and O–H groups in total. The molecule has 0 bridgehead atoms. The Morgan fingerprint density at radius 1 is 1.03 bits per heavy atom.